The standard InChI is InChI=1S/C20H27N5O2/c1-4-25(15-16-9-6-5-7-10-16)18(26)14-23-20(27)22-13-17-11-8-12-21-19(17)24(2)3/h5-12H,4,13-15H2,1-3H3,(H2,22,23,27). The van der Waals surface area contributed by atoms with Crippen LogP contribution in [0.2, 0.25) is 0 Å². The Hall–Kier alpha value is -3.09. The zero-order valence-electron chi connectivity index (χ0n) is 16.1. The second-order valence-corrected chi connectivity index (χ2v) is 6.31. The summed E-state index contributed by atoms with van der Waals surface area (Å²) in [6.07, 6.45) is 1.71. The van der Waals surface area contributed by atoms with Crippen molar-refractivity contribution in [2.24, 2.45) is 0 Å². The molecule has 0 unspecified atom stereocenters. The summed E-state index contributed by atoms with van der Waals surface area (Å²) in [5, 5.41) is 5.40. The van der Waals surface area contributed by atoms with Crippen LogP contribution in [0.1, 0.15) is 18.1 Å². The number of nitrogens with zero attached hydrogens (tertiary/aromatic N) is 3. The van der Waals surface area contributed by atoms with Crippen LogP contribution in [0.5, 0.6) is 0 Å². The van der Waals surface area contributed by atoms with E-state index in [0.717, 1.165) is 16.9 Å². The Labute approximate surface area is 160 Å². The number of carbonyl (C=O) groups excluding carboxylic acids is 2. The molecule has 2 N–H and O–H groups in total. The van der Waals surface area contributed by atoms with Crippen LogP contribution in [-0.2, 0) is 17.9 Å². The second kappa shape index (κ2) is 10.2. The molecule has 1 heterocycles. The zero-order chi connectivity index (χ0) is 19.6. The molecule has 1 aromatic heterocycles. The maximum Gasteiger partial charge on any atom is 0.315 e. The van der Waals surface area contributed by atoms with Crippen LogP contribution < -0.4 is 15.5 Å². The first-order valence-electron chi connectivity index (χ1n) is 8.96. The molecule has 0 fully saturated rings. The highest BCUT2D eigenvalue weighted by Gasteiger charge is 2.13. The van der Waals surface area contributed by atoms with Gasteiger partial charge in [0.15, 0.2) is 0 Å². The smallest absolute Gasteiger partial charge is 0.315 e. The molecule has 0 bridgehead atoms. The third kappa shape index (κ3) is 6.29. The minimum Gasteiger partial charge on any atom is -0.362 e. The molecule has 7 nitrogen and oxygen atoms in total. The molecule has 0 radical (unpaired) electrons. The van der Waals surface area contributed by atoms with Crippen molar-refractivity contribution in [1.82, 2.24) is 20.5 Å². The van der Waals surface area contributed by atoms with Crippen LogP contribution in [0.4, 0.5) is 10.6 Å². The average Bonchev–Trinajstić information content (AvgIpc) is 2.69. The van der Waals surface area contributed by atoms with E-state index in [1.165, 1.54) is 0 Å². The quantitative estimate of drug-likeness (QED) is 0.746. The van der Waals surface area contributed by atoms with Crippen LogP contribution in [-0.4, -0.2) is 49.0 Å². The number of amides is 3. The topological polar surface area (TPSA) is 77.6 Å². The Bertz CT molecular complexity index is 749. The Kier molecular flexibility index (Phi) is 7.61. The first-order chi connectivity index (χ1) is 13.0. The van der Waals surface area contributed by atoms with Crippen LogP contribution >= 0.6 is 0 Å². The number of likely N-dealkylation sites (N-methyl/N-ethyl adjacent to an activating group) is 1. The highest BCUT2D eigenvalue weighted by Crippen LogP contribution is 2.13. The summed E-state index contributed by atoms with van der Waals surface area (Å²) in [5.74, 6) is 0.681. The second-order valence-electron chi connectivity index (χ2n) is 6.31. The van der Waals surface area contributed by atoms with Gasteiger partial charge in [-0.2, -0.15) is 0 Å². The number of anilines is 1. The van der Waals surface area contributed by atoms with Crippen molar-refractivity contribution in [3.05, 3.63) is 59.8 Å². The van der Waals surface area contributed by atoms with E-state index in [-0.39, 0.29) is 18.5 Å². The number of urea groups is 1. The fraction of sp³-hybridized carbons (Fsp3) is 0.350. The SMILES string of the molecule is CCN(Cc1ccccc1)C(=O)CNC(=O)NCc1cccnc1N(C)C. The predicted octanol–water partition coefficient (Wildman–Crippen LogP) is 2.00. The number of hydrogen-bond donors (Lipinski definition) is 2. The van der Waals surface area contributed by atoms with Crippen LogP contribution in [0.15, 0.2) is 48.7 Å². The van der Waals surface area contributed by atoms with Gasteiger partial charge >= 0.3 is 6.03 Å². The van der Waals surface area contributed by atoms with E-state index in [0.29, 0.717) is 19.6 Å². The molecule has 2 aromatic rings. The number of benzene rings is 1. The summed E-state index contributed by atoms with van der Waals surface area (Å²) in [6, 6.07) is 13.1. The first kappa shape index (κ1) is 20.2. The molecular formula is C20H27N5O2. The highest BCUT2D eigenvalue weighted by molar-refractivity contribution is 5.84. The lowest BCUT2D eigenvalue weighted by molar-refractivity contribution is -0.130. The van der Waals surface area contributed by atoms with Crippen molar-refractivity contribution >= 4 is 17.8 Å². The Morgan fingerprint density at radius 2 is 1.78 bits per heavy atom. The van der Waals surface area contributed by atoms with E-state index in [1.54, 1.807) is 11.1 Å². The van der Waals surface area contributed by atoms with Crippen molar-refractivity contribution in [2.45, 2.75) is 20.0 Å². The summed E-state index contributed by atoms with van der Waals surface area (Å²) in [6.45, 7) is 3.33. The van der Waals surface area contributed by atoms with Crippen molar-refractivity contribution in [3.8, 4) is 0 Å². The number of pyridine rings is 1. The summed E-state index contributed by atoms with van der Waals surface area (Å²) in [4.78, 5) is 32.3. The molecule has 0 saturated carbocycles. The maximum absolute atomic E-state index is 12.4. The highest BCUT2D eigenvalue weighted by atomic mass is 16.2. The lowest BCUT2D eigenvalue weighted by Crippen LogP contribution is -2.43. The number of hydrogen-bond acceptors (Lipinski definition) is 4. The van der Waals surface area contributed by atoms with E-state index in [9.17, 15) is 9.59 Å². The van der Waals surface area contributed by atoms with Crippen LogP contribution in [0, 0.1) is 0 Å². The minimum atomic E-state index is -0.382. The molecule has 2 rings (SSSR count). The predicted molar refractivity (Wildman–Crippen MR) is 106 cm³/mol. The summed E-state index contributed by atoms with van der Waals surface area (Å²) < 4.78 is 0. The van der Waals surface area contributed by atoms with Gasteiger partial charge in [-0.3, -0.25) is 4.79 Å². The van der Waals surface area contributed by atoms with Crippen molar-refractivity contribution in [2.75, 3.05) is 32.1 Å². The summed E-state index contributed by atoms with van der Waals surface area (Å²) >= 11 is 0. The molecule has 0 atom stereocenters. The largest absolute Gasteiger partial charge is 0.362 e. The first-order valence-corrected chi connectivity index (χ1v) is 8.96. The molecule has 0 spiro atoms. The lowest BCUT2D eigenvalue weighted by atomic mass is 10.2. The Morgan fingerprint density at radius 3 is 2.44 bits per heavy atom. The molecule has 0 aliphatic rings. The zero-order valence-corrected chi connectivity index (χ0v) is 16.1. The van der Waals surface area contributed by atoms with Gasteiger partial charge in [-0.05, 0) is 18.6 Å². The molecular weight excluding hydrogens is 342 g/mol. The fourth-order valence-electron chi connectivity index (χ4n) is 2.66. The Balaban J connectivity index is 1.81. The number of rotatable bonds is 8. The van der Waals surface area contributed by atoms with E-state index < -0.39 is 0 Å². The third-order valence-electron chi connectivity index (χ3n) is 4.08. The minimum absolute atomic E-state index is 0.0416. The third-order valence-corrected chi connectivity index (χ3v) is 4.08. The van der Waals surface area contributed by atoms with Gasteiger partial charge in [-0.15, -0.1) is 0 Å². The monoisotopic (exact) mass is 369 g/mol. The van der Waals surface area contributed by atoms with Gasteiger partial charge in [0.25, 0.3) is 0 Å². The maximum atomic E-state index is 12.4. The fourth-order valence-corrected chi connectivity index (χ4v) is 2.66. The molecule has 27 heavy (non-hydrogen) atoms. The van der Waals surface area contributed by atoms with E-state index in [4.69, 9.17) is 0 Å². The summed E-state index contributed by atoms with van der Waals surface area (Å²) in [7, 11) is 3.80. The van der Waals surface area contributed by atoms with Crippen LogP contribution in [0.3, 0.4) is 0 Å². The summed E-state index contributed by atoms with van der Waals surface area (Å²) in [5.41, 5.74) is 1.97. The number of carbonyl (C=O) groups is 2. The molecule has 7 heteroatoms. The van der Waals surface area contributed by atoms with Gasteiger partial charge in [0.05, 0.1) is 6.54 Å². The van der Waals surface area contributed by atoms with Gasteiger partial charge in [0.1, 0.15) is 5.82 Å². The molecule has 1 aromatic carbocycles. The van der Waals surface area contributed by atoms with E-state index in [1.807, 2.05) is 68.4 Å². The molecule has 144 valence electrons. The number of nitrogens with one attached hydrogen (secondary N) is 2. The van der Waals surface area contributed by atoms with E-state index in [2.05, 4.69) is 15.6 Å². The molecule has 3 amide bonds. The number of aromatic nitrogens is 1. The van der Waals surface area contributed by atoms with E-state index >= 15 is 0 Å². The van der Waals surface area contributed by atoms with Gasteiger partial charge < -0.3 is 20.4 Å². The van der Waals surface area contributed by atoms with Gasteiger partial charge in [0.2, 0.25) is 5.91 Å². The van der Waals surface area contributed by atoms with Crippen molar-refractivity contribution < 1.29 is 9.59 Å². The van der Waals surface area contributed by atoms with Gasteiger partial charge in [0, 0.05) is 45.5 Å². The van der Waals surface area contributed by atoms with Crippen molar-refractivity contribution in [1.29, 1.82) is 0 Å². The molecule has 0 aliphatic carbocycles. The van der Waals surface area contributed by atoms with Crippen molar-refractivity contribution in [3.63, 3.8) is 0 Å². The Morgan fingerprint density at radius 1 is 1.04 bits per heavy atom. The average molecular weight is 369 g/mol. The molecule has 0 aliphatic heterocycles. The normalized spacial score (nSPS) is 10.2. The van der Waals surface area contributed by atoms with Crippen LogP contribution in [0.25, 0.3) is 0 Å². The van der Waals surface area contributed by atoms with Gasteiger partial charge in [-0.25, -0.2) is 9.78 Å². The molecule has 0 saturated heterocycles. The van der Waals surface area contributed by atoms with Gasteiger partial charge in [-0.1, -0.05) is 36.4 Å². The lowest BCUT2D eigenvalue weighted by Gasteiger charge is -2.21.